The third kappa shape index (κ3) is 3.68. The van der Waals surface area contributed by atoms with E-state index in [1.807, 2.05) is 36.4 Å². The molecule has 118 valence electrons. The summed E-state index contributed by atoms with van der Waals surface area (Å²) in [4.78, 5) is 0. The van der Waals surface area contributed by atoms with E-state index in [0.717, 1.165) is 27.1 Å². The summed E-state index contributed by atoms with van der Waals surface area (Å²) in [7, 11) is 3.34. The Labute approximate surface area is 145 Å². The van der Waals surface area contributed by atoms with Gasteiger partial charge in [0.25, 0.3) is 0 Å². The summed E-state index contributed by atoms with van der Waals surface area (Å²) >= 11 is 7.06. The SMILES string of the molecule is COc1ccc(C2=CC(c3ccc(OC)cc3)SC(=S)N2)cc1. The molecule has 1 unspecified atom stereocenters. The highest BCUT2D eigenvalue weighted by Gasteiger charge is 2.20. The summed E-state index contributed by atoms with van der Waals surface area (Å²) in [6.45, 7) is 0. The number of hydrogen-bond donors (Lipinski definition) is 1. The third-order valence-electron chi connectivity index (χ3n) is 3.63. The Balaban J connectivity index is 1.89. The lowest BCUT2D eigenvalue weighted by atomic mass is 10.1. The average molecular weight is 343 g/mol. The van der Waals surface area contributed by atoms with E-state index >= 15 is 0 Å². The topological polar surface area (TPSA) is 30.5 Å². The Morgan fingerprint density at radius 2 is 1.48 bits per heavy atom. The monoisotopic (exact) mass is 343 g/mol. The van der Waals surface area contributed by atoms with Crippen LogP contribution < -0.4 is 14.8 Å². The zero-order valence-corrected chi connectivity index (χ0v) is 14.5. The van der Waals surface area contributed by atoms with Crippen LogP contribution in [0.5, 0.6) is 11.5 Å². The molecule has 5 heteroatoms. The second-order valence-corrected chi connectivity index (χ2v) is 6.85. The smallest absolute Gasteiger partial charge is 0.139 e. The molecule has 2 aromatic rings. The molecule has 0 saturated heterocycles. The minimum absolute atomic E-state index is 0.187. The van der Waals surface area contributed by atoms with E-state index < -0.39 is 0 Å². The normalized spacial score (nSPS) is 17.2. The van der Waals surface area contributed by atoms with Crippen molar-refractivity contribution in [1.29, 1.82) is 0 Å². The summed E-state index contributed by atoms with van der Waals surface area (Å²) in [5.41, 5.74) is 3.31. The molecule has 2 aromatic carbocycles. The average Bonchev–Trinajstić information content (AvgIpc) is 2.61. The lowest BCUT2D eigenvalue weighted by Gasteiger charge is -2.23. The number of ether oxygens (including phenoxy) is 2. The van der Waals surface area contributed by atoms with Gasteiger partial charge in [0.2, 0.25) is 0 Å². The molecule has 0 bridgehead atoms. The van der Waals surface area contributed by atoms with Crippen LogP contribution in [0.3, 0.4) is 0 Å². The van der Waals surface area contributed by atoms with Crippen LogP contribution in [0.15, 0.2) is 54.6 Å². The van der Waals surface area contributed by atoms with Gasteiger partial charge in [-0.15, -0.1) is 0 Å². The van der Waals surface area contributed by atoms with Crippen molar-refractivity contribution in [2.45, 2.75) is 5.25 Å². The van der Waals surface area contributed by atoms with Crippen LogP contribution in [0, 0.1) is 0 Å². The molecule has 0 aliphatic carbocycles. The second-order valence-electron chi connectivity index (χ2n) is 5.03. The highest BCUT2D eigenvalue weighted by molar-refractivity contribution is 8.23. The fourth-order valence-corrected chi connectivity index (χ4v) is 3.70. The molecule has 1 heterocycles. The van der Waals surface area contributed by atoms with Crippen LogP contribution in [0.2, 0.25) is 0 Å². The van der Waals surface area contributed by atoms with Gasteiger partial charge in [-0.2, -0.15) is 0 Å². The van der Waals surface area contributed by atoms with E-state index in [1.54, 1.807) is 26.0 Å². The fourth-order valence-electron chi connectivity index (χ4n) is 2.38. The predicted octanol–water partition coefficient (Wildman–Crippen LogP) is 4.41. The number of methoxy groups -OCH3 is 2. The summed E-state index contributed by atoms with van der Waals surface area (Å²) in [5.74, 6) is 1.70. The molecule has 0 fully saturated rings. The molecule has 1 N–H and O–H groups in total. The quantitative estimate of drug-likeness (QED) is 0.831. The van der Waals surface area contributed by atoms with E-state index in [0.29, 0.717) is 0 Å². The Kier molecular flexibility index (Phi) is 4.88. The van der Waals surface area contributed by atoms with Crippen molar-refractivity contribution in [3.05, 3.63) is 65.7 Å². The van der Waals surface area contributed by atoms with Gasteiger partial charge in [-0.05, 0) is 53.6 Å². The lowest BCUT2D eigenvalue weighted by molar-refractivity contribution is 0.414. The number of thiocarbonyl (C=S) groups is 1. The molecule has 1 aliphatic heterocycles. The molecule has 1 atom stereocenters. The van der Waals surface area contributed by atoms with Crippen molar-refractivity contribution < 1.29 is 9.47 Å². The van der Waals surface area contributed by atoms with Gasteiger partial charge in [0.1, 0.15) is 15.8 Å². The summed E-state index contributed by atoms with van der Waals surface area (Å²) in [5, 5.41) is 3.47. The number of benzene rings is 2. The van der Waals surface area contributed by atoms with E-state index in [4.69, 9.17) is 21.7 Å². The maximum Gasteiger partial charge on any atom is 0.139 e. The van der Waals surface area contributed by atoms with Crippen LogP contribution in [-0.2, 0) is 0 Å². The molecule has 0 spiro atoms. The molecular weight excluding hydrogens is 326 g/mol. The third-order valence-corrected chi connectivity index (χ3v) is 5.00. The lowest BCUT2D eigenvalue weighted by Crippen LogP contribution is -2.22. The first kappa shape index (κ1) is 15.9. The Hall–Kier alpha value is -1.98. The van der Waals surface area contributed by atoms with Gasteiger partial charge in [0, 0.05) is 5.70 Å². The van der Waals surface area contributed by atoms with Gasteiger partial charge in [-0.25, -0.2) is 0 Å². The summed E-state index contributed by atoms with van der Waals surface area (Å²) in [6.07, 6.45) is 2.20. The first-order chi connectivity index (χ1) is 11.2. The Morgan fingerprint density at radius 1 is 0.913 bits per heavy atom. The van der Waals surface area contributed by atoms with Gasteiger partial charge in [0.15, 0.2) is 0 Å². The van der Waals surface area contributed by atoms with Gasteiger partial charge >= 0.3 is 0 Å². The zero-order chi connectivity index (χ0) is 16.2. The molecule has 0 saturated carbocycles. The predicted molar refractivity (Wildman–Crippen MR) is 100 cm³/mol. The van der Waals surface area contributed by atoms with E-state index in [2.05, 4.69) is 23.5 Å². The fraction of sp³-hybridized carbons (Fsp3) is 0.167. The van der Waals surface area contributed by atoms with Gasteiger partial charge in [-0.3, -0.25) is 0 Å². The van der Waals surface area contributed by atoms with E-state index in [-0.39, 0.29) is 5.25 Å². The van der Waals surface area contributed by atoms with Gasteiger partial charge in [-0.1, -0.05) is 36.1 Å². The molecule has 23 heavy (non-hydrogen) atoms. The van der Waals surface area contributed by atoms with Crippen molar-refractivity contribution >= 4 is 34.0 Å². The van der Waals surface area contributed by atoms with Crippen LogP contribution in [0.1, 0.15) is 16.4 Å². The Bertz CT molecular complexity index is 724. The van der Waals surface area contributed by atoms with Gasteiger partial charge < -0.3 is 14.8 Å². The largest absolute Gasteiger partial charge is 0.497 e. The molecule has 0 radical (unpaired) electrons. The molecule has 0 amide bonds. The number of nitrogens with one attached hydrogen (secondary N) is 1. The van der Waals surface area contributed by atoms with E-state index in [1.165, 1.54) is 5.56 Å². The summed E-state index contributed by atoms with van der Waals surface area (Å²) in [6, 6.07) is 16.1. The molecule has 1 aliphatic rings. The maximum atomic E-state index is 5.42. The van der Waals surface area contributed by atoms with Crippen LogP contribution in [0.4, 0.5) is 0 Å². The number of thioether (sulfide) groups is 1. The van der Waals surface area contributed by atoms with Crippen molar-refractivity contribution in [1.82, 2.24) is 5.32 Å². The number of rotatable bonds is 4. The van der Waals surface area contributed by atoms with Crippen LogP contribution in [-0.4, -0.2) is 18.5 Å². The first-order valence-corrected chi connectivity index (χ1v) is 8.46. The van der Waals surface area contributed by atoms with E-state index in [9.17, 15) is 0 Å². The first-order valence-electron chi connectivity index (χ1n) is 7.17. The molecule has 3 rings (SSSR count). The van der Waals surface area contributed by atoms with Crippen molar-refractivity contribution in [2.75, 3.05) is 14.2 Å². The molecular formula is C18H17NO2S2. The highest BCUT2D eigenvalue weighted by Crippen LogP contribution is 2.37. The van der Waals surface area contributed by atoms with Crippen molar-refractivity contribution in [2.24, 2.45) is 0 Å². The Morgan fingerprint density at radius 3 is 2.04 bits per heavy atom. The summed E-state index contributed by atoms with van der Waals surface area (Å²) < 4.78 is 11.2. The minimum Gasteiger partial charge on any atom is -0.497 e. The molecule has 3 nitrogen and oxygen atoms in total. The number of hydrogen-bond acceptors (Lipinski definition) is 4. The van der Waals surface area contributed by atoms with Crippen LogP contribution in [0.25, 0.3) is 5.70 Å². The minimum atomic E-state index is 0.187. The van der Waals surface area contributed by atoms with Crippen molar-refractivity contribution in [3.63, 3.8) is 0 Å². The highest BCUT2D eigenvalue weighted by atomic mass is 32.2. The zero-order valence-electron chi connectivity index (χ0n) is 12.9. The van der Waals surface area contributed by atoms with Crippen molar-refractivity contribution in [3.8, 4) is 11.5 Å². The standard InChI is InChI=1S/C18H17NO2S2/c1-20-14-7-3-12(4-8-14)16-11-17(23-18(22)19-16)13-5-9-15(21-2)10-6-13/h3-11,17H,1-2H3,(H,19,22). The van der Waals surface area contributed by atoms with Crippen LogP contribution >= 0.6 is 24.0 Å². The molecule has 0 aromatic heterocycles. The second kappa shape index (κ2) is 7.06. The van der Waals surface area contributed by atoms with Gasteiger partial charge in [0.05, 0.1) is 19.5 Å². The maximum absolute atomic E-state index is 5.42.